The Balaban J connectivity index is 1.66. The van der Waals surface area contributed by atoms with Crippen molar-refractivity contribution < 1.29 is 13.9 Å². The molecule has 0 spiro atoms. The highest BCUT2D eigenvalue weighted by atomic mass is 19.1. The molecule has 1 aliphatic carbocycles. The summed E-state index contributed by atoms with van der Waals surface area (Å²) in [5, 5.41) is 0. The lowest BCUT2D eigenvalue weighted by molar-refractivity contribution is -0.0420. The van der Waals surface area contributed by atoms with Crippen molar-refractivity contribution in [1.82, 2.24) is 4.90 Å². The quantitative estimate of drug-likeness (QED) is 0.834. The van der Waals surface area contributed by atoms with Crippen LogP contribution in [0.4, 0.5) is 4.39 Å². The third-order valence-electron chi connectivity index (χ3n) is 3.97. The van der Waals surface area contributed by atoms with E-state index < -0.39 is 0 Å². The van der Waals surface area contributed by atoms with Crippen molar-refractivity contribution >= 4 is 0 Å². The molecule has 1 unspecified atom stereocenters. The lowest BCUT2D eigenvalue weighted by Gasteiger charge is -2.33. The average molecular weight is 265 g/mol. The molecule has 1 aromatic rings. The van der Waals surface area contributed by atoms with E-state index >= 15 is 0 Å². The maximum atomic E-state index is 13.2. The highest BCUT2D eigenvalue weighted by Crippen LogP contribution is 2.36. The van der Waals surface area contributed by atoms with Gasteiger partial charge in [-0.3, -0.25) is 4.90 Å². The predicted molar refractivity (Wildman–Crippen MR) is 70.7 cm³/mol. The topological polar surface area (TPSA) is 21.7 Å². The van der Waals surface area contributed by atoms with Crippen molar-refractivity contribution in [3.63, 3.8) is 0 Å². The molecule has 0 radical (unpaired) electrons. The first-order chi connectivity index (χ1) is 9.26. The van der Waals surface area contributed by atoms with E-state index in [9.17, 15) is 4.39 Å². The first kappa shape index (κ1) is 12.9. The van der Waals surface area contributed by atoms with Crippen molar-refractivity contribution in [2.75, 3.05) is 26.8 Å². The van der Waals surface area contributed by atoms with Crippen LogP contribution in [0.3, 0.4) is 0 Å². The number of rotatable bonds is 4. The summed E-state index contributed by atoms with van der Waals surface area (Å²) in [4.78, 5) is 2.38. The molecule has 1 saturated carbocycles. The summed E-state index contributed by atoms with van der Waals surface area (Å²) in [6.07, 6.45) is 3.00. The Kier molecular flexibility index (Phi) is 3.71. The molecule has 3 rings (SSSR count). The molecule has 3 nitrogen and oxygen atoms in total. The summed E-state index contributed by atoms with van der Waals surface area (Å²) in [5.74, 6) is 1.14. The van der Waals surface area contributed by atoms with Gasteiger partial charge in [0, 0.05) is 31.3 Å². The Bertz CT molecular complexity index is 448. The second-order valence-electron chi connectivity index (χ2n) is 5.44. The van der Waals surface area contributed by atoms with Crippen LogP contribution in [-0.4, -0.2) is 37.8 Å². The normalized spacial score (nSPS) is 24.4. The van der Waals surface area contributed by atoms with E-state index in [2.05, 4.69) is 4.90 Å². The van der Waals surface area contributed by atoms with Crippen LogP contribution in [0.15, 0.2) is 18.2 Å². The van der Waals surface area contributed by atoms with Crippen LogP contribution in [-0.2, 0) is 11.3 Å². The molecule has 1 aromatic carbocycles. The Labute approximate surface area is 113 Å². The Morgan fingerprint density at radius 2 is 2.26 bits per heavy atom. The summed E-state index contributed by atoms with van der Waals surface area (Å²) in [7, 11) is 1.59. The van der Waals surface area contributed by atoms with Crippen molar-refractivity contribution in [3.8, 4) is 5.75 Å². The SMILES string of the molecule is COc1cc(F)ccc1CN1CCOC(C2CC2)C1. The van der Waals surface area contributed by atoms with Gasteiger partial charge in [-0.05, 0) is 24.8 Å². The number of morpholine rings is 1. The molecule has 1 heterocycles. The van der Waals surface area contributed by atoms with Gasteiger partial charge >= 0.3 is 0 Å². The molecule has 2 aliphatic rings. The molecule has 1 aliphatic heterocycles. The standard InChI is InChI=1S/C15H20FNO2/c1-18-14-8-13(16)5-4-12(14)9-17-6-7-19-15(10-17)11-2-3-11/h4-5,8,11,15H,2-3,6-7,9-10H2,1H3. The van der Waals surface area contributed by atoms with Gasteiger partial charge in [0.15, 0.2) is 0 Å². The van der Waals surface area contributed by atoms with Gasteiger partial charge < -0.3 is 9.47 Å². The van der Waals surface area contributed by atoms with Gasteiger partial charge in [0.25, 0.3) is 0 Å². The Morgan fingerprint density at radius 3 is 3.00 bits per heavy atom. The molecular formula is C15H20FNO2. The summed E-state index contributed by atoms with van der Waals surface area (Å²) >= 11 is 0. The number of hydrogen-bond acceptors (Lipinski definition) is 3. The summed E-state index contributed by atoms with van der Waals surface area (Å²) in [6.45, 7) is 3.51. The van der Waals surface area contributed by atoms with E-state index in [0.29, 0.717) is 11.9 Å². The molecule has 0 aromatic heterocycles. The number of halogens is 1. The van der Waals surface area contributed by atoms with E-state index in [1.54, 1.807) is 7.11 Å². The van der Waals surface area contributed by atoms with Gasteiger partial charge in [0.05, 0.1) is 19.8 Å². The highest BCUT2D eigenvalue weighted by molar-refractivity contribution is 5.33. The molecule has 1 atom stereocenters. The van der Waals surface area contributed by atoms with Crippen LogP contribution in [0, 0.1) is 11.7 Å². The van der Waals surface area contributed by atoms with Crippen LogP contribution in [0.1, 0.15) is 18.4 Å². The van der Waals surface area contributed by atoms with Gasteiger partial charge in [-0.1, -0.05) is 6.07 Å². The van der Waals surface area contributed by atoms with Gasteiger partial charge in [0.2, 0.25) is 0 Å². The molecular weight excluding hydrogens is 245 g/mol. The maximum absolute atomic E-state index is 13.2. The van der Waals surface area contributed by atoms with E-state index in [4.69, 9.17) is 9.47 Å². The first-order valence-corrected chi connectivity index (χ1v) is 6.92. The third kappa shape index (κ3) is 3.07. The minimum absolute atomic E-state index is 0.251. The minimum atomic E-state index is -0.251. The largest absolute Gasteiger partial charge is 0.496 e. The third-order valence-corrected chi connectivity index (χ3v) is 3.97. The molecule has 0 amide bonds. The predicted octanol–water partition coefficient (Wildman–Crippen LogP) is 2.45. The summed E-state index contributed by atoms with van der Waals surface area (Å²) < 4.78 is 24.2. The fourth-order valence-corrected chi connectivity index (χ4v) is 2.72. The lowest BCUT2D eigenvalue weighted by atomic mass is 10.1. The van der Waals surface area contributed by atoms with Gasteiger partial charge in [-0.25, -0.2) is 4.39 Å². The molecule has 2 fully saturated rings. The summed E-state index contributed by atoms with van der Waals surface area (Å²) in [5.41, 5.74) is 1.04. The monoisotopic (exact) mass is 265 g/mol. The minimum Gasteiger partial charge on any atom is -0.496 e. The van der Waals surface area contributed by atoms with Gasteiger partial charge in [0.1, 0.15) is 11.6 Å². The molecule has 0 N–H and O–H groups in total. The van der Waals surface area contributed by atoms with Gasteiger partial charge in [-0.15, -0.1) is 0 Å². The number of ether oxygens (including phenoxy) is 2. The maximum Gasteiger partial charge on any atom is 0.126 e. The van der Waals surface area contributed by atoms with Crippen LogP contribution < -0.4 is 4.74 Å². The fraction of sp³-hybridized carbons (Fsp3) is 0.600. The second kappa shape index (κ2) is 5.47. The number of hydrogen-bond donors (Lipinski definition) is 0. The Hall–Kier alpha value is -1.13. The molecule has 1 saturated heterocycles. The van der Waals surface area contributed by atoms with Crippen molar-refractivity contribution in [2.24, 2.45) is 5.92 Å². The lowest BCUT2D eigenvalue weighted by Crippen LogP contribution is -2.42. The molecule has 104 valence electrons. The molecule has 4 heteroatoms. The van der Waals surface area contributed by atoms with Crippen molar-refractivity contribution in [2.45, 2.75) is 25.5 Å². The van der Waals surface area contributed by atoms with Crippen LogP contribution >= 0.6 is 0 Å². The van der Waals surface area contributed by atoms with Crippen LogP contribution in [0.2, 0.25) is 0 Å². The highest BCUT2D eigenvalue weighted by Gasteiger charge is 2.35. The van der Waals surface area contributed by atoms with Gasteiger partial charge in [-0.2, -0.15) is 0 Å². The number of benzene rings is 1. The van der Waals surface area contributed by atoms with E-state index in [0.717, 1.165) is 37.7 Å². The average Bonchev–Trinajstić information content (AvgIpc) is 3.25. The first-order valence-electron chi connectivity index (χ1n) is 6.92. The molecule has 0 bridgehead atoms. The van der Waals surface area contributed by atoms with E-state index in [-0.39, 0.29) is 5.82 Å². The van der Waals surface area contributed by atoms with Crippen LogP contribution in [0.25, 0.3) is 0 Å². The molecule has 19 heavy (non-hydrogen) atoms. The van der Waals surface area contributed by atoms with Crippen molar-refractivity contribution in [1.29, 1.82) is 0 Å². The number of methoxy groups -OCH3 is 1. The summed E-state index contributed by atoms with van der Waals surface area (Å²) in [6, 6.07) is 4.76. The number of nitrogens with zero attached hydrogens (tertiary/aromatic N) is 1. The fourth-order valence-electron chi connectivity index (χ4n) is 2.72. The Morgan fingerprint density at radius 1 is 1.42 bits per heavy atom. The second-order valence-corrected chi connectivity index (χ2v) is 5.44. The zero-order chi connectivity index (χ0) is 13.2. The van der Waals surface area contributed by atoms with Crippen molar-refractivity contribution in [3.05, 3.63) is 29.6 Å². The van der Waals surface area contributed by atoms with Crippen LogP contribution in [0.5, 0.6) is 5.75 Å². The van der Waals surface area contributed by atoms with E-state index in [1.807, 2.05) is 6.07 Å². The van der Waals surface area contributed by atoms with E-state index in [1.165, 1.54) is 25.0 Å². The smallest absolute Gasteiger partial charge is 0.126 e. The zero-order valence-electron chi connectivity index (χ0n) is 11.3. The zero-order valence-corrected chi connectivity index (χ0v) is 11.3.